The SMILES string of the molecule is O=C1Nc2cccnc2NC12CCCCC2. The van der Waals surface area contributed by atoms with Crippen LogP contribution in [0.15, 0.2) is 18.3 Å². The minimum Gasteiger partial charge on any atom is -0.354 e. The zero-order valence-electron chi connectivity index (χ0n) is 9.12. The number of anilines is 2. The predicted octanol–water partition coefficient (Wildman–Crippen LogP) is 2.15. The van der Waals surface area contributed by atoms with Crippen LogP contribution in [-0.4, -0.2) is 16.4 Å². The molecule has 1 spiro atoms. The largest absolute Gasteiger partial charge is 0.354 e. The van der Waals surface area contributed by atoms with Crippen LogP contribution in [0.25, 0.3) is 0 Å². The van der Waals surface area contributed by atoms with Gasteiger partial charge in [0.15, 0.2) is 5.82 Å². The lowest BCUT2D eigenvalue weighted by atomic mass is 9.80. The molecule has 1 aromatic rings. The highest BCUT2D eigenvalue weighted by atomic mass is 16.2. The lowest BCUT2D eigenvalue weighted by Gasteiger charge is -2.40. The normalized spacial score (nSPS) is 22.1. The van der Waals surface area contributed by atoms with Crippen molar-refractivity contribution in [1.82, 2.24) is 4.98 Å². The minimum absolute atomic E-state index is 0.104. The van der Waals surface area contributed by atoms with Crippen molar-refractivity contribution in [2.24, 2.45) is 0 Å². The van der Waals surface area contributed by atoms with E-state index in [4.69, 9.17) is 0 Å². The van der Waals surface area contributed by atoms with Gasteiger partial charge in [0.05, 0.1) is 5.69 Å². The number of carbonyl (C=O) groups is 1. The van der Waals surface area contributed by atoms with Gasteiger partial charge in [-0.2, -0.15) is 0 Å². The van der Waals surface area contributed by atoms with E-state index in [1.165, 1.54) is 6.42 Å². The number of fused-ring (bicyclic) bond motifs is 1. The highest BCUT2D eigenvalue weighted by molar-refractivity contribution is 6.05. The summed E-state index contributed by atoms with van der Waals surface area (Å²) in [5.41, 5.74) is 0.392. The topological polar surface area (TPSA) is 54.0 Å². The van der Waals surface area contributed by atoms with Crippen molar-refractivity contribution in [2.45, 2.75) is 37.6 Å². The van der Waals surface area contributed by atoms with Gasteiger partial charge >= 0.3 is 0 Å². The summed E-state index contributed by atoms with van der Waals surface area (Å²) < 4.78 is 0. The lowest BCUT2D eigenvalue weighted by Crippen LogP contribution is -2.53. The maximum Gasteiger partial charge on any atom is 0.250 e. The van der Waals surface area contributed by atoms with Crippen molar-refractivity contribution >= 4 is 17.4 Å². The monoisotopic (exact) mass is 217 g/mol. The minimum atomic E-state index is -0.403. The van der Waals surface area contributed by atoms with Crippen LogP contribution in [0.1, 0.15) is 32.1 Å². The van der Waals surface area contributed by atoms with E-state index in [0.717, 1.165) is 37.2 Å². The van der Waals surface area contributed by atoms with E-state index in [0.29, 0.717) is 0 Å². The van der Waals surface area contributed by atoms with E-state index in [-0.39, 0.29) is 5.91 Å². The first-order chi connectivity index (χ1) is 7.80. The third-order valence-corrected chi connectivity index (χ3v) is 3.56. The van der Waals surface area contributed by atoms with Crippen molar-refractivity contribution in [1.29, 1.82) is 0 Å². The Hall–Kier alpha value is -1.58. The van der Waals surface area contributed by atoms with Crippen LogP contribution in [-0.2, 0) is 4.79 Å². The van der Waals surface area contributed by atoms with E-state index in [1.807, 2.05) is 12.1 Å². The van der Waals surface area contributed by atoms with Crippen LogP contribution in [0.3, 0.4) is 0 Å². The fourth-order valence-electron chi connectivity index (χ4n) is 2.64. The second-order valence-corrected chi connectivity index (χ2v) is 4.62. The molecule has 1 saturated carbocycles. The zero-order chi connectivity index (χ0) is 11.0. The van der Waals surface area contributed by atoms with Crippen molar-refractivity contribution < 1.29 is 4.79 Å². The molecule has 0 atom stereocenters. The number of rotatable bonds is 0. The number of hydrogen-bond acceptors (Lipinski definition) is 3. The Kier molecular flexibility index (Phi) is 2.09. The summed E-state index contributed by atoms with van der Waals surface area (Å²) in [4.78, 5) is 16.4. The van der Waals surface area contributed by atoms with Crippen LogP contribution in [0.5, 0.6) is 0 Å². The maximum absolute atomic E-state index is 12.1. The first-order valence-electron chi connectivity index (χ1n) is 5.85. The summed E-state index contributed by atoms with van der Waals surface area (Å²) >= 11 is 0. The van der Waals surface area contributed by atoms with Crippen LogP contribution >= 0.6 is 0 Å². The van der Waals surface area contributed by atoms with Crippen LogP contribution in [0.4, 0.5) is 11.5 Å². The van der Waals surface area contributed by atoms with Gasteiger partial charge in [-0.1, -0.05) is 19.3 Å². The highest BCUT2D eigenvalue weighted by Gasteiger charge is 2.42. The van der Waals surface area contributed by atoms with Gasteiger partial charge in [-0.3, -0.25) is 4.79 Å². The molecular formula is C12H15N3O. The van der Waals surface area contributed by atoms with E-state index in [1.54, 1.807) is 6.20 Å². The molecule has 84 valence electrons. The molecule has 0 bridgehead atoms. The number of aromatic nitrogens is 1. The zero-order valence-corrected chi connectivity index (χ0v) is 9.12. The highest BCUT2D eigenvalue weighted by Crippen LogP contribution is 2.37. The number of carbonyl (C=O) groups excluding carboxylic acids is 1. The Morgan fingerprint density at radius 1 is 1.25 bits per heavy atom. The number of nitrogens with one attached hydrogen (secondary N) is 2. The number of nitrogens with zero attached hydrogens (tertiary/aromatic N) is 1. The molecule has 4 nitrogen and oxygen atoms in total. The predicted molar refractivity (Wildman–Crippen MR) is 62.3 cm³/mol. The molecule has 16 heavy (non-hydrogen) atoms. The summed E-state index contributed by atoms with van der Waals surface area (Å²) in [6.45, 7) is 0. The second kappa shape index (κ2) is 3.47. The molecule has 3 rings (SSSR count). The third-order valence-electron chi connectivity index (χ3n) is 3.56. The molecule has 0 aromatic carbocycles. The molecule has 0 radical (unpaired) electrons. The van der Waals surface area contributed by atoms with Gasteiger partial charge in [-0.05, 0) is 25.0 Å². The van der Waals surface area contributed by atoms with Crippen LogP contribution in [0.2, 0.25) is 0 Å². The van der Waals surface area contributed by atoms with Gasteiger partial charge in [-0.25, -0.2) is 4.98 Å². The van der Waals surface area contributed by atoms with Gasteiger partial charge in [0.2, 0.25) is 5.91 Å². The smallest absolute Gasteiger partial charge is 0.250 e. The van der Waals surface area contributed by atoms with E-state index in [9.17, 15) is 4.79 Å². The number of hydrogen-bond donors (Lipinski definition) is 2. The van der Waals surface area contributed by atoms with Crippen molar-refractivity contribution in [3.63, 3.8) is 0 Å². The van der Waals surface area contributed by atoms with Gasteiger partial charge in [0.1, 0.15) is 5.54 Å². The number of pyridine rings is 1. The molecule has 2 aliphatic rings. The summed E-state index contributed by atoms with van der Waals surface area (Å²) in [5, 5.41) is 6.30. The average molecular weight is 217 g/mol. The van der Waals surface area contributed by atoms with Crippen molar-refractivity contribution in [2.75, 3.05) is 10.6 Å². The molecule has 2 heterocycles. The molecule has 4 heteroatoms. The van der Waals surface area contributed by atoms with Crippen molar-refractivity contribution in [3.05, 3.63) is 18.3 Å². The van der Waals surface area contributed by atoms with E-state index in [2.05, 4.69) is 15.6 Å². The molecule has 1 aliphatic carbocycles. The standard InChI is InChI=1S/C12H15N3O/c16-11-12(6-2-1-3-7-12)15-10-9(14-11)5-4-8-13-10/h4-5,8H,1-3,6-7H2,(H,13,15)(H,14,16). The molecule has 1 amide bonds. The second-order valence-electron chi connectivity index (χ2n) is 4.62. The van der Waals surface area contributed by atoms with Gasteiger partial charge in [0, 0.05) is 6.20 Å². The Morgan fingerprint density at radius 3 is 2.88 bits per heavy atom. The Bertz CT molecular complexity index is 424. The molecular weight excluding hydrogens is 202 g/mol. The van der Waals surface area contributed by atoms with E-state index < -0.39 is 5.54 Å². The Morgan fingerprint density at radius 2 is 2.06 bits per heavy atom. The van der Waals surface area contributed by atoms with Crippen LogP contribution < -0.4 is 10.6 Å². The first-order valence-corrected chi connectivity index (χ1v) is 5.85. The van der Waals surface area contributed by atoms with E-state index >= 15 is 0 Å². The van der Waals surface area contributed by atoms with Gasteiger partial charge < -0.3 is 10.6 Å². The summed E-state index contributed by atoms with van der Waals surface area (Å²) in [6, 6.07) is 3.71. The number of amides is 1. The average Bonchev–Trinajstić information content (AvgIpc) is 2.32. The van der Waals surface area contributed by atoms with Crippen LogP contribution in [0, 0.1) is 0 Å². The fraction of sp³-hybridized carbons (Fsp3) is 0.500. The quantitative estimate of drug-likeness (QED) is 0.700. The van der Waals surface area contributed by atoms with Gasteiger partial charge in [-0.15, -0.1) is 0 Å². The molecule has 0 saturated heterocycles. The summed E-state index contributed by atoms with van der Waals surface area (Å²) in [6.07, 6.45) is 7.03. The molecule has 2 N–H and O–H groups in total. The van der Waals surface area contributed by atoms with Gasteiger partial charge in [0.25, 0.3) is 0 Å². The fourth-order valence-corrected chi connectivity index (χ4v) is 2.64. The first kappa shape index (κ1) is 9.63. The third kappa shape index (κ3) is 1.37. The molecule has 1 aromatic heterocycles. The Balaban J connectivity index is 1.97. The maximum atomic E-state index is 12.1. The lowest BCUT2D eigenvalue weighted by molar-refractivity contribution is -0.121. The molecule has 0 unspecified atom stereocenters. The Labute approximate surface area is 94.5 Å². The van der Waals surface area contributed by atoms with Crippen molar-refractivity contribution in [3.8, 4) is 0 Å². The summed E-state index contributed by atoms with van der Waals surface area (Å²) in [5.74, 6) is 0.914. The summed E-state index contributed by atoms with van der Waals surface area (Å²) in [7, 11) is 0. The molecule has 1 fully saturated rings. The molecule has 1 aliphatic heterocycles.